The molecule has 0 saturated carbocycles. The monoisotopic (exact) mass is 396 g/mol. The molecule has 1 spiro atoms. The van der Waals surface area contributed by atoms with Crippen molar-refractivity contribution in [2.24, 2.45) is 0 Å². The number of anilines is 1. The van der Waals surface area contributed by atoms with Crippen LogP contribution in [-0.4, -0.2) is 47.5 Å². The summed E-state index contributed by atoms with van der Waals surface area (Å²) < 4.78 is 5.23. The van der Waals surface area contributed by atoms with Crippen LogP contribution in [0.3, 0.4) is 0 Å². The Labute approximate surface area is 169 Å². The summed E-state index contributed by atoms with van der Waals surface area (Å²) in [5.74, 6) is 1.35. The summed E-state index contributed by atoms with van der Waals surface area (Å²) in [4.78, 5) is 29.2. The molecule has 2 saturated heterocycles. The minimum Gasteiger partial charge on any atom is -0.497 e. The maximum Gasteiger partial charge on any atom is 0.253 e. The number of aryl methyl sites for hydroxylation is 1. The number of methoxy groups -OCH3 is 1. The molecule has 0 radical (unpaired) electrons. The van der Waals surface area contributed by atoms with Gasteiger partial charge < -0.3 is 9.64 Å². The second-order valence-electron chi connectivity index (χ2n) is 7.32. The van der Waals surface area contributed by atoms with Crippen LogP contribution in [0, 0.1) is 6.92 Å². The van der Waals surface area contributed by atoms with Crippen LogP contribution in [0.15, 0.2) is 48.5 Å². The van der Waals surface area contributed by atoms with Crippen molar-refractivity contribution in [1.29, 1.82) is 0 Å². The van der Waals surface area contributed by atoms with Gasteiger partial charge in [-0.2, -0.15) is 0 Å². The molecule has 0 atom stereocenters. The van der Waals surface area contributed by atoms with E-state index in [-0.39, 0.29) is 16.7 Å². The van der Waals surface area contributed by atoms with Crippen LogP contribution in [0.1, 0.15) is 28.8 Å². The van der Waals surface area contributed by atoms with E-state index in [1.807, 2.05) is 59.2 Å². The van der Waals surface area contributed by atoms with Crippen molar-refractivity contribution in [2.45, 2.75) is 24.6 Å². The summed E-state index contributed by atoms with van der Waals surface area (Å²) in [6, 6.07) is 15.4. The molecule has 2 aliphatic heterocycles. The second kappa shape index (κ2) is 7.51. The molecule has 2 aromatic carbocycles. The largest absolute Gasteiger partial charge is 0.497 e. The third-order valence-electron chi connectivity index (χ3n) is 5.56. The molecular formula is C22H24N2O3S. The van der Waals surface area contributed by atoms with E-state index >= 15 is 0 Å². The van der Waals surface area contributed by atoms with E-state index in [0.717, 1.165) is 18.5 Å². The third kappa shape index (κ3) is 3.37. The minimum atomic E-state index is -0.252. The van der Waals surface area contributed by atoms with Gasteiger partial charge in [0.25, 0.3) is 5.91 Å². The van der Waals surface area contributed by atoms with Gasteiger partial charge in [0.1, 0.15) is 5.75 Å². The maximum atomic E-state index is 12.9. The Kier molecular flexibility index (Phi) is 5.06. The number of piperidine rings is 1. The zero-order valence-corrected chi connectivity index (χ0v) is 17.0. The van der Waals surface area contributed by atoms with Gasteiger partial charge in [0, 0.05) is 24.3 Å². The van der Waals surface area contributed by atoms with Crippen molar-refractivity contribution < 1.29 is 14.3 Å². The standard InChI is InChI=1S/C22H24N2O3S/c1-16-6-8-18(9-7-16)24-20(25)15-28-22(24)10-12-23(13-11-22)21(26)17-4-3-5-19(14-17)27-2/h3-9,14H,10-13,15H2,1-2H3. The molecule has 2 aliphatic rings. The molecule has 2 heterocycles. The lowest BCUT2D eigenvalue weighted by Gasteiger charge is -2.44. The van der Waals surface area contributed by atoms with Crippen LogP contribution >= 0.6 is 11.8 Å². The van der Waals surface area contributed by atoms with Crippen LogP contribution in [0.5, 0.6) is 5.75 Å². The number of amides is 2. The van der Waals surface area contributed by atoms with Crippen LogP contribution in [-0.2, 0) is 4.79 Å². The first-order valence-electron chi connectivity index (χ1n) is 9.49. The van der Waals surface area contributed by atoms with E-state index in [4.69, 9.17) is 4.74 Å². The summed E-state index contributed by atoms with van der Waals surface area (Å²) in [6.07, 6.45) is 1.54. The second-order valence-corrected chi connectivity index (χ2v) is 8.66. The van der Waals surface area contributed by atoms with Gasteiger partial charge in [0.15, 0.2) is 0 Å². The van der Waals surface area contributed by atoms with Crippen molar-refractivity contribution in [3.63, 3.8) is 0 Å². The van der Waals surface area contributed by atoms with Crippen molar-refractivity contribution >= 4 is 29.3 Å². The van der Waals surface area contributed by atoms with Gasteiger partial charge in [0.05, 0.1) is 17.7 Å². The highest BCUT2D eigenvalue weighted by molar-refractivity contribution is 8.02. The first-order valence-corrected chi connectivity index (χ1v) is 10.5. The number of hydrogen-bond donors (Lipinski definition) is 0. The Morgan fingerprint density at radius 3 is 2.50 bits per heavy atom. The van der Waals surface area contributed by atoms with E-state index in [9.17, 15) is 9.59 Å². The van der Waals surface area contributed by atoms with Gasteiger partial charge in [0.2, 0.25) is 5.91 Å². The molecule has 2 fully saturated rings. The normalized spacial score (nSPS) is 18.6. The van der Waals surface area contributed by atoms with E-state index < -0.39 is 0 Å². The molecule has 0 aromatic heterocycles. The number of benzene rings is 2. The van der Waals surface area contributed by atoms with Crippen molar-refractivity contribution in [3.05, 3.63) is 59.7 Å². The van der Waals surface area contributed by atoms with E-state index in [1.54, 1.807) is 24.9 Å². The van der Waals surface area contributed by atoms with Crippen LogP contribution in [0.4, 0.5) is 5.69 Å². The predicted molar refractivity (Wildman–Crippen MR) is 112 cm³/mol. The number of nitrogens with zero attached hydrogens (tertiary/aromatic N) is 2. The van der Waals surface area contributed by atoms with Crippen molar-refractivity contribution in [1.82, 2.24) is 4.90 Å². The maximum absolute atomic E-state index is 12.9. The lowest BCUT2D eigenvalue weighted by Crippen LogP contribution is -2.53. The Balaban J connectivity index is 1.51. The Bertz CT molecular complexity index is 889. The van der Waals surface area contributed by atoms with Gasteiger partial charge in [-0.1, -0.05) is 23.8 Å². The number of carbonyl (C=O) groups excluding carboxylic acids is 2. The number of rotatable bonds is 3. The first-order chi connectivity index (χ1) is 13.5. The highest BCUT2D eigenvalue weighted by atomic mass is 32.2. The molecule has 5 nitrogen and oxygen atoms in total. The Morgan fingerprint density at radius 2 is 1.82 bits per heavy atom. The molecule has 0 unspecified atom stereocenters. The van der Waals surface area contributed by atoms with E-state index in [1.165, 1.54) is 5.56 Å². The number of carbonyl (C=O) groups is 2. The van der Waals surface area contributed by atoms with Crippen LogP contribution in [0.25, 0.3) is 0 Å². The zero-order valence-electron chi connectivity index (χ0n) is 16.2. The lowest BCUT2D eigenvalue weighted by atomic mass is 10.00. The Morgan fingerprint density at radius 1 is 1.11 bits per heavy atom. The van der Waals surface area contributed by atoms with Crippen LogP contribution in [0.2, 0.25) is 0 Å². The van der Waals surface area contributed by atoms with Crippen LogP contribution < -0.4 is 9.64 Å². The SMILES string of the molecule is COc1cccc(C(=O)N2CCC3(CC2)SCC(=O)N3c2ccc(C)cc2)c1. The molecule has 6 heteroatoms. The topological polar surface area (TPSA) is 49.9 Å². The number of hydrogen-bond acceptors (Lipinski definition) is 4. The molecular weight excluding hydrogens is 372 g/mol. The first kappa shape index (κ1) is 18.9. The zero-order chi connectivity index (χ0) is 19.7. The summed E-state index contributed by atoms with van der Waals surface area (Å²) in [5.41, 5.74) is 2.77. The number of thioether (sulfide) groups is 1. The smallest absolute Gasteiger partial charge is 0.253 e. The molecule has 2 amide bonds. The highest BCUT2D eigenvalue weighted by Crippen LogP contribution is 2.46. The van der Waals surface area contributed by atoms with Gasteiger partial charge in [-0.15, -0.1) is 11.8 Å². The van der Waals surface area contributed by atoms with Gasteiger partial charge >= 0.3 is 0 Å². The summed E-state index contributed by atoms with van der Waals surface area (Å²) in [7, 11) is 1.60. The summed E-state index contributed by atoms with van der Waals surface area (Å²) >= 11 is 1.71. The summed E-state index contributed by atoms with van der Waals surface area (Å²) in [5, 5.41) is 0. The number of likely N-dealkylation sites (tertiary alicyclic amines) is 1. The van der Waals surface area contributed by atoms with E-state index in [2.05, 4.69) is 0 Å². The fourth-order valence-corrected chi connectivity index (χ4v) is 5.32. The minimum absolute atomic E-state index is 0.0185. The molecule has 0 aliphatic carbocycles. The molecule has 4 rings (SSSR count). The Hall–Kier alpha value is -2.47. The van der Waals surface area contributed by atoms with Crippen molar-refractivity contribution in [2.75, 3.05) is 30.9 Å². The average molecular weight is 397 g/mol. The molecule has 2 aromatic rings. The molecule has 28 heavy (non-hydrogen) atoms. The summed E-state index contributed by atoms with van der Waals surface area (Å²) in [6.45, 7) is 3.32. The van der Waals surface area contributed by atoms with Gasteiger partial charge in [-0.05, 0) is 50.1 Å². The molecule has 0 bridgehead atoms. The highest BCUT2D eigenvalue weighted by Gasteiger charge is 2.49. The lowest BCUT2D eigenvalue weighted by molar-refractivity contribution is -0.116. The predicted octanol–water partition coefficient (Wildman–Crippen LogP) is 3.72. The fraction of sp³-hybridized carbons (Fsp3) is 0.364. The van der Waals surface area contributed by atoms with E-state index in [0.29, 0.717) is 30.2 Å². The quantitative estimate of drug-likeness (QED) is 0.794. The average Bonchev–Trinajstić information content (AvgIpc) is 3.04. The van der Waals surface area contributed by atoms with Gasteiger partial charge in [-0.3, -0.25) is 14.5 Å². The molecule has 0 N–H and O–H groups in total. The third-order valence-corrected chi connectivity index (χ3v) is 7.08. The molecule has 146 valence electrons. The van der Waals surface area contributed by atoms with Gasteiger partial charge in [-0.25, -0.2) is 0 Å². The fourth-order valence-electron chi connectivity index (χ4n) is 3.99. The number of ether oxygens (including phenoxy) is 1. The van der Waals surface area contributed by atoms with Crippen molar-refractivity contribution in [3.8, 4) is 5.75 Å².